The summed E-state index contributed by atoms with van der Waals surface area (Å²) in [6.45, 7) is 8.85. The number of hydrogen-bond donors (Lipinski definition) is 1. The molecule has 0 spiro atoms. The van der Waals surface area contributed by atoms with E-state index in [1.807, 2.05) is 30.3 Å². The van der Waals surface area contributed by atoms with Crippen molar-refractivity contribution in [3.05, 3.63) is 42.5 Å². The Labute approximate surface area is 127 Å². The van der Waals surface area contributed by atoms with E-state index in [0.717, 1.165) is 10.8 Å². The van der Waals surface area contributed by atoms with Gasteiger partial charge < -0.3 is 0 Å². The molecule has 0 bridgehead atoms. The summed E-state index contributed by atoms with van der Waals surface area (Å²) in [5, 5.41) is 1.69. The van der Waals surface area contributed by atoms with E-state index in [1.165, 1.54) is 0 Å². The van der Waals surface area contributed by atoms with Crippen LogP contribution in [0.4, 0.5) is 0 Å². The smallest absolute Gasteiger partial charge is 0.211 e. The predicted molar refractivity (Wildman–Crippen MR) is 87.8 cm³/mol. The first-order valence-electron chi connectivity index (χ1n) is 7.19. The molecular formula is C17H23NO2S. The monoisotopic (exact) mass is 305 g/mol. The van der Waals surface area contributed by atoms with E-state index in [-0.39, 0.29) is 11.3 Å². The molecule has 114 valence electrons. The molecule has 3 nitrogen and oxygen atoms in total. The Morgan fingerprint density at radius 2 is 1.67 bits per heavy atom. The van der Waals surface area contributed by atoms with Crippen molar-refractivity contribution < 1.29 is 8.42 Å². The van der Waals surface area contributed by atoms with Crippen molar-refractivity contribution in [1.29, 1.82) is 0 Å². The van der Waals surface area contributed by atoms with Crippen LogP contribution in [0.3, 0.4) is 0 Å². The topological polar surface area (TPSA) is 46.2 Å². The zero-order valence-corrected chi connectivity index (χ0v) is 13.9. The minimum atomic E-state index is -3.49. The van der Waals surface area contributed by atoms with Crippen LogP contribution in [0.1, 0.15) is 27.7 Å². The van der Waals surface area contributed by atoms with E-state index in [9.17, 15) is 8.42 Å². The Balaban J connectivity index is 2.31. The highest BCUT2D eigenvalue weighted by Crippen LogP contribution is 2.26. The Hall–Kier alpha value is -1.39. The summed E-state index contributed by atoms with van der Waals surface area (Å²) in [6.07, 6.45) is 0. The fourth-order valence-corrected chi connectivity index (χ4v) is 3.41. The SMILES string of the molecule is CC(CNS(=O)(=O)c1cccc2ccccc12)C(C)(C)C. The zero-order chi connectivity index (χ0) is 15.7. The van der Waals surface area contributed by atoms with Crippen LogP contribution in [0.2, 0.25) is 0 Å². The van der Waals surface area contributed by atoms with Gasteiger partial charge in [-0.05, 0) is 22.8 Å². The second-order valence-corrected chi connectivity index (χ2v) is 8.33. The van der Waals surface area contributed by atoms with Gasteiger partial charge in [0.2, 0.25) is 10.0 Å². The lowest BCUT2D eigenvalue weighted by molar-refractivity contribution is 0.263. The lowest BCUT2D eigenvalue weighted by atomic mass is 9.82. The largest absolute Gasteiger partial charge is 0.241 e. The Morgan fingerprint density at radius 3 is 2.33 bits per heavy atom. The van der Waals surface area contributed by atoms with Crippen molar-refractivity contribution in [1.82, 2.24) is 4.72 Å². The minimum Gasteiger partial charge on any atom is -0.211 e. The molecule has 2 aromatic rings. The van der Waals surface area contributed by atoms with Gasteiger partial charge in [0.05, 0.1) is 4.90 Å². The Kier molecular flexibility index (Phi) is 4.40. The van der Waals surface area contributed by atoms with Crippen LogP contribution >= 0.6 is 0 Å². The summed E-state index contributed by atoms with van der Waals surface area (Å²) in [7, 11) is -3.49. The highest BCUT2D eigenvalue weighted by atomic mass is 32.2. The Bertz CT molecular complexity index is 725. The lowest BCUT2D eigenvalue weighted by Crippen LogP contribution is -2.33. The molecule has 21 heavy (non-hydrogen) atoms. The van der Waals surface area contributed by atoms with E-state index in [2.05, 4.69) is 32.4 Å². The molecule has 4 heteroatoms. The van der Waals surface area contributed by atoms with Crippen molar-refractivity contribution in [3.63, 3.8) is 0 Å². The number of rotatable bonds is 4. The van der Waals surface area contributed by atoms with Crippen molar-refractivity contribution in [3.8, 4) is 0 Å². The molecule has 0 aliphatic rings. The third-order valence-corrected chi connectivity index (χ3v) is 5.58. The van der Waals surface area contributed by atoms with Crippen molar-refractivity contribution in [2.75, 3.05) is 6.54 Å². The average molecular weight is 305 g/mol. The van der Waals surface area contributed by atoms with Crippen LogP contribution in [0.15, 0.2) is 47.4 Å². The maximum atomic E-state index is 12.6. The van der Waals surface area contributed by atoms with Gasteiger partial charge in [-0.25, -0.2) is 13.1 Å². The molecule has 0 aromatic heterocycles. The molecule has 1 unspecified atom stereocenters. The minimum absolute atomic E-state index is 0.0707. The normalized spacial score (nSPS) is 14.3. The molecule has 1 N–H and O–H groups in total. The second-order valence-electron chi connectivity index (χ2n) is 6.60. The molecule has 0 saturated heterocycles. The maximum absolute atomic E-state index is 12.6. The average Bonchev–Trinajstić information content (AvgIpc) is 2.43. The number of fused-ring (bicyclic) bond motifs is 1. The van der Waals surface area contributed by atoms with E-state index < -0.39 is 10.0 Å². The molecule has 0 radical (unpaired) electrons. The van der Waals surface area contributed by atoms with Crippen LogP contribution in [0.5, 0.6) is 0 Å². The summed E-state index contributed by atoms with van der Waals surface area (Å²) >= 11 is 0. The van der Waals surface area contributed by atoms with E-state index in [1.54, 1.807) is 12.1 Å². The van der Waals surface area contributed by atoms with Gasteiger partial charge in [-0.1, -0.05) is 64.1 Å². The highest BCUT2D eigenvalue weighted by Gasteiger charge is 2.23. The highest BCUT2D eigenvalue weighted by molar-refractivity contribution is 7.89. The number of nitrogens with one attached hydrogen (secondary N) is 1. The van der Waals surface area contributed by atoms with Crippen LogP contribution in [-0.4, -0.2) is 15.0 Å². The molecule has 2 aromatic carbocycles. The molecule has 1 atom stereocenters. The molecular weight excluding hydrogens is 282 g/mol. The van der Waals surface area contributed by atoms with E-state index >= 15 is 0 Å². The van der Waals surface area contributed by atoms with Gasteiger partial charge in [-0.2, -0.15) is 0 Å². The standard InChI is InChI=1S/C17H23NO2S/c1-13(17(2,3)4)12-18-21(19,20)16-11-7-9-14-8-5-6-10-15(14)16/h5-11,13,18H,12H2,1-4H3. The summed E-state index contributed by atoms with van der Waals surface area (Å²) in [5.74, 6) is 0.252. The van der Waals surface area contributed by atoms with Gasteiger partial charge >= 0.3 is 0 Å². The fourth-order valence-electron chi connectivity index (χ4n) is 2.05. The second kappa shape index (κ2) is 5.78. The molecule has 2 rings (SSSR count). The van der Waals surface area contributed by atoms with E-state index in [0.29, 0.717) is 11.4 Å². The first-order valence-corrected chi connectivity index (χ1v) is 8.67. The number of benzene rings is 2. The van der Waals surface area contributed by atoms with Crippen molar-refractivity contribution >= 4 is 20.8 Å². The summed E-state index contributed by atoms with van der Waals surface area (Å²) in [6, 6.07) is 12.9. The first kappa shape index (κ1) is 16.0. The van der Waals surface area contributed by atoms with Crippen LogP contribution in [-0.2, 0) is 10.0 Å². The number of sulfonamides is 1. The summed E-state index contributed by atoms with van der Waals surface area (Å²) in [4.78, 5) is 0.349. The summed E-state index contributed by atoms with van der Waals surface area (Å²) in [5.41, 5.74) is 0.0707. The van der Waals surface area contributed by atoms with Gasteiger partial charge in [0, 0.05) is 11.9 Å². The zero-order valence-electron chi connectivity index (χ0n) is 13.1. The lowest BCUT2D eigenvalue weighted by Gasteiger charge is -2.27. The van der Waals surface area contributed by atoms with Crippen molar-refractivity contribution in [2.45, 2.75) is 32.6 Å². The number of hydrogen-bond acceptors (Lipinski definition) is 2. The fraction of sp³-hybridized carbons (Fsp3) is 0.412. The summed E-state index contributed by atoms with van der Waals surface area (Å²) < 4.78 is 27.9. The van der Waals surface area contributed by atoms with Gasteiger partial charge in [-0.3, -0.25) is 0 Å². The van der Waals surface area contributed by atoms with Crippen molar-refractivity contribution in [2.24, 2.45) is 11.3 Å². The van der Waals surface area contributed by atoms with Gasteiger partial charge in [0.25, 0.3) is 0 Å². The molecule has 0 amide bonds. The van der Waals surface area contributed by atoms with Crippen LogP contribution < -0.4 is 4.72 Å². The quantitative estimate of drug-likeness (QED) is 0.934. The van der Waals surface area contributed by atoms with Gasteiger partial charge in [-0.15, -0.1) is 0 Å². The molecule has 0 fully saturated rings. The van der Waals surface area contributed by atoms with Crippen LogP contribution in [0.25, 0.3) is 10.8 Å². The molecule has 0 saturated carbocycles. The molecule has 0 aliphatic heterocycles. The molecule has 0 aliphatic carbocycles. The van der Waals surface area contributed by atoms with Gasteiger partial charge in [0.15, 0.2) is 0 Å². The first-order chi connectivity index (χ1) is 9.72. The predicted octanol–water partition coefficient (Wildman–Crippen LogP) is 3.80. The van der Waals surface area contributed by atoms with Gasteiger partial charge in [0.1, 0.15) is 0 Å². The maximum Gasteiger partial charge on any atom is 0.241 e. The third kappa shape index (κ3) is 3.63. The van der Waals surface area contributed by atoms with Crippen LogP contribution in [0, 0.1) is 11.3 Å². The third-order valence-electron chi connectivity index (χ3n) is 4.10. The Morgan fingerprint density at radius 1 is 1.05 bits per heavy atom. The van der Waals surface area contributed by atoms with E-state index in [4.69, 9.17) is 0 Å². The molecule has 0 heterocycles.